The zero-order valence-corrected chi connectivity index (χ0v) is 7.91. The van der Waals surface area contributed by atoms with Gasteiger partial charge in [-0.3, -0.25) is 9.78 Å². The molecule has 3 nitrogen and oxygen atoms in total. The number of pyridine rings is 1. The van der Waals surface area contributed by atoms with E-state index in [-0.39, 0.29) is 12.1 Å². The van der Waals surface area contributed by atoms with Gasteiger partial charge < -0.3 is 17.7 Å². The second-order valence-electron chi connectivity index (χ2n) is 2.91. The highest BCUT2D eigenvalue weighted by molar-refractivity contribution is 6.73. The zero-order valence-electron chi connectivity index (χ0n) is 7.91. The summed E-state index contributed by atoms with van der Waals surface area (Å²) in [5.74, 6) is -0.534. The third-order valence-corrected chi connectivity index (χ3v) is 1.78. The smallest absolute Gasteiger partial charge is 0.469 e. The van der Waals surface area contributed by atoms with Gasteiger partial charge in [0, 0.05) is 6.20 Å². The summed E-state index contributed by atoms with van der Waals surface area (Å²) < 4.78 is 40.9. The van der Waals surface area contributed by atoms with Crippen molar-refractivity contribution in [3.05, 3.63) is 24.0 Å². The quantitative estimate of drug-likeness (QED) is 0.557. The molecule has 0 amide bonds. The third-order valence-electron chi connectivity index (χ3n) is 1.78. The Labute approximate surface area is 84.3 Å². The number of hydrogen-bond acceptors (Lipinski definition) is 3. The fourth-order valence-electron chi connectivity index (χ4n) is 0.954. The molecule has 82 valence electrons. The maximum atomic E-state index is 12.2. The lowest BCUT2D eigenvalue weighted by atomic mass is 9.81. The molecule has 7 heteroatoms. The molecule has 1 aromatic heterocycles. The number of carbonyl (C=O) groups is 1. The van der Waals surface area contributed by atoms with E-state index in [9.17, 15) is 17.7 Å². The number of carbonyl (C=O) groups excluding carboxylic acids is 1. The van der Waals surface area contributed by atoms with Crippen molar-refractivity contribution in [3.63, 3.8) is 0 Å². The summed E-state index contributed by atoms with van der Waals surface area (Å²) in [6.45, 7) is -5.03. The van der Waals surface area contributed by atoms with Gasteiger partial charge in [0.2, 0.25) is 0 Å². The van der Waals surface area contributed by atoms with Crippen LogP contribution in [0.15, 0.2) is 18.3 Å². The summed E-state index contributed by atoms with van der Waals surface area (Å²) in [5.41, 5.74) is -0.519. The van der Waals surface area contributed by atoms with E-state index >= 15 is 0 Å². The van der Waals surface area contributed by atoms with Gasteiger partial charge in [-0.25, -0.2) is 0 Å². The normalized spacial score (nSPS) is 11.2. The van der Waals surface area contributed by atoms with Crippen LogP contribution in [0.5, 0.6) is 0 Å². The van der Waals surface area contributed by atoms with Gasteiger partial charge in [0.1, 0.15) is 0 Å². The van der Waals surface area contributed by atoms with Crippen LogP contribution in [-0.2, 0) is 16.0 Å². The van der Waals surface area contributed by atoms with Crippen LogP contribution in [0.3, 0.4) is 0 Å². The molecule has 1 rings (SSSR count). The molecule has 0 radical (unpaired) electrons. The molecule has 0 atom stereocenters. The first-order valence-electron chi connectivity index (χ1n) is 4.15. The van der Waals surface area contributed by atoms with Crippen LogP contribution in [-0.4, -0.2) is 25.0 Å². The first-order valence-corrected chi connectivity index (χ1v) is 4.15. The van der Waals surface area contributed by atoms with Crippen LogP contribution in [0.2, 0.25) is 0 Å². The van der Waals surface area contributed by atoms with Crippen LogP contribution in [0.1, 0.15) is 5.69 Å². The molecule has 0 saturated heterocycles. The lowest BCUT2D eigenvalue weighted by Gasteiger charge is -2.13. The summed E-state index contributed by atoms with van der Waals surface area (Å²) >= 11 is 0. The first-order chi connectivity index (χ1) is 6.93. The van der Waals surface area contributed by atoms with Crippen LogP contribution >= 0.6 is 0 Å². The molecule has 0 unspecified atom stereocenters. The third kappa shape index (κ3) is 3.27. The highest BCUT2D eigenvalue weighted by atomic mass is 19.4. The first kappa shape index (κ1) is 11.5. The summed E-state index contributed by atoms with van der Waals surface area (Å²) in [7, 11) is 1.20. The Morgan fingerprint density at radius 2 is 2.13 bits per heavy atom. The zero-order chi connectivity index (χ0) is 11.5. The minimum Gasteiger partial charge on any atom is -0.469 e. The van der Waals surface area contributed by atoms with Gasteiger partial charge in [0.05, 0.1) is 19.2 Å². The Balaban J connectivity index is 2.77. The molecule has 0 fully saturated rings. The Morgan fingerprint density at radius 1 is 1.47 bits per heavy atom. The average Bonchev–Trinajstić information content (AvgIpc) is 2.17. The second kappa shape index (κ2) is 4.33. The molecule has 0 bridgehead atoms. The van der Waals surface area contributed by atoms with Gasteiger partial charge >= 0.3 is 12.9 Å². The van der Waals surface area contributed by atoms with E-state index in [4.69, 9.17) is 0 Å². The summed E-state index contributed by atoms with van der Waals surface area (Å²) in [4.78, 5) is 14.3. The number of rotatable bonds is 3. The van der Waals surface area contributed by atoms with E-state index in [1.807, 2.05) is 0 Å². The van der Waals surface area contributed by atoms with Crippen molar-refractivity contribution in [3.8, 4) is 0 Å². The molecule has 0 aliphatic rings. The van der Waals surface area contributed by atoms with Crippen molar-refractivity contribution in [1.29, 1.82) is 0 Å². The lowest BCUT2D eigenvalue weighted by Crippen LogP contribution is -2.34. The monoisotopic (exact) mass is 218 g/mol. The van der Waals surface area contributed by atoms with Crippen LogP contribution < -0.4 is 5.46 Å². The van der Waals surface area contributed by atoms with E-state index in [1.165, 1.54) is 13.2 Å². The molecule has 0 aromatic carbocycles. The van der Waals surface area contributed by atoms with Gasteiger partial charge in [-0.2, -0.15) is 0 Å². The minimum absolute atomic E-state index is 0.123. The van der Waals surface area contributed by atoms with Gasteiger partial charge in [-0.1, -0.05) is 11.5 Å². The Kier molecular flexibility index (Phi) is 3.33. The predicted octanol–water partition coefficient (Wildman–Crippen LogP) is 0.851. The number of ether oxygens (including phenoxy) is 1. The molecule has 0 N–H and O–H groups in total. The van der Waals surface area contributed by atoms with Gasteiger partial charge in [-0.05, 0) is 6.07 Å². The highest BCUT2D eigenvalue weighted by Crippen LogP contribution is 2.08. The highest BCUT2D eigenvalue weighted by Gasteiger charge is 2.25. The number of halogens is 3. The summed E-state index contributed by atoms with van der Waals surface area (Å²) in [6.07, 6.45) is 0.597. The number of nitrogens with zero attached hydrogens (tertiary/aromatic N) is 1. The Morgan fingerprint density at radius 3 is 2.53 bits per heavy atom. The van der Waals surface area contributed by atoms with Gasteiger partial charge in [0.25, 0.3) is 0 Å². The number of aromatic nitrogens is 1. The fourth-order valence-corrected chi connectivity index (χ4v) is 0.954. The summed E-state index contributed by atoms with van der Waals surface area (Å²) in [6, 6.07) is 2.08. The molecule has 1 heterocycles. The van der Waals surface area contributed by atoms with E-state index in [0.29, 0.717) is 0 Å². The Bertz CT molecular complexity index is 350. The van der Waals surface area contributed by atoms with Crippen molar-refractivity contribution >= 4 is 18.4 Å². The van der Waals surface area contributed by atoms with Crippen LogP contribution in [0, 0.1) is 0 Å². The topological polar surface area (TPSA) is 39.2 Å². The molecule has 0 spiro atoms. The summed E-state index contributed by atoms with van der Waals surface area (Å²) in [5, 5.41) is 0. The lowest BCUT2D eigenvalue weighted by molar-refractivity contribution is -0.139. The minimum atomic E-state index is -5.03. The SMILES string of the molecule is COC(=O)Cc1ccc([B-](F)(F)F)cn1. The molecule has 0 saturated carbocycles. The van der Waals surface area contributed by atoms with Crippen molar-refractivity contribution in [2.75, 3.05) is 7.11 Å². The molecule has 0 aliphatic carbocycles. The fraction of sp³-hybridized carbons (Fsp3) is 0.250. The van der Waals surface area contributed by atoms with E-state index in [1.54, 1.807) is 0 Å². The van der Waals surface area contributed by atoms with Crippen molar-refractivity contribution in [2.24, 2.45) is 0 Å². The predicted molar refractivity (Wildman–Crippen MR) is 48.7 cm³/mol. The molecule has 15 heavy (non-hydrogen) atoms. The number of methoxy groups -OCH3 is 1. The van der Waals surface area contributed by atoms with Crippen LogP contribution in [0.4, 0.5) is 12.9 Å². The molecule has 0 aliphatic heterocycles. The van der Waals surface area contributed by atoms with E-state index in [0.717, 1.165) is 12.3 Å². The largest absolute Gasteiger partial charge is 0.511 e. The van der Waals surface area contributed by atoms with Crippen LogP contribution in [0.25, 0.3) is 0 Å². The van der Waals surface area contributed by atoms with Crippen molar-refractivity contribution in [2.45, 2.75) is 6.42 Å². The van der Waals surface area contributed by atoms with Gasteiger partial charge in [0.15, 0.2) is 0 Å². The van der Waals surface area contributed by atoms with Gasteiger partial charge in [-0.15, -0.1) is 0 Å². The Hall–Kier alpha value is -1.53. The van der Waals surface area contributed by atoms with Crippen molar-refractivity contribution in [1.82, 2.24) is 4.98 Å². The maximum absolute atomic E-state index is 12.2. The number of hydrogen-bond donors (Lipinski definition) is 0. The maximum Gasteiger partial charge on any atom is 0.511 e. The van der Waals surface area contributed by atoms with Crippen molar-refractivity contribution < 1.29 is 22.5 Å². The molecular formula is C8H8BF3NO2-. The standard InChI is InChI=1S/C8H8BF3NO2/c1-15-8(14)4-7-3-2-6(5-13-7)9(10,11)12/h2-3,5H,4H2,1H3/q-1. The molecule has 1 aromatic rings. The van der Waals surface area contributed by atoms with E-state index in [2.05, 4.69) is 9.72 Å². The molecular weight excluding hydrogens is 210 g/mol. The average molecular weight is 218 g/mol. The number of esters is 1. The second-order valence-corrected chi connectivity index (χ2v) is 2.91. The van der Waals surface area contributed by atoms with E-state index < -0.39 is 18.4 Å².